The van der Waals surface area contributed by atoms with Gasteiger partial charge in [0, 0.05) is 44.9 Å². The number of aliphatic hydroxyl groups is 6. The van der Waals surface area contributed by atoms with Crippen LogP contribution in [0.4, 0.5) is 0 Å². The summed E-state index contributed by atoms with van der Waals surface area (Å²) in [6.45, 7) is 3.62. The van der Waals surface area contributed by atoms with E-state index in [1.807, 2.05) is 25.1 Å². The predicted molar refractivity (Wildman–Crippen MR) is 211 cm³/mol. The average Bonchev–Trinajstić information content (AvgIpc) is 3.19. The summed E-state index contributed by atoms with van der Waals surface area (Å²) in [5.74, 6) is -1.90. The summed E-state index contributed by atoms with van der Waals surface area (Å²) in [5, 5.41) is 75.4. The molecule has 2 aromatic rings. The van der Waals surface area contributed by atoms with Gasteiger partial charge >= 0.3 is 11.9 Å². The van der Waals surface area contributed by atoms with Crippen molar-refractivity contribution >= 4 is 18.0 Å². The number of ether oxygens (including phenoxy) is 4. The molecule has 0 saturated carbocycles. The largest absolute Gasteiger partial charge is 0.504 e. The number of hydrogen-bond acceptors (Lipinski definition) is 14. The average molecular weight is 802 g/mol. The number of carbonyl (C=O) groups excluding carboxylic acids is 2. The summed E-state index contributed by atoms with van der Waals surface area (Å²) in [6, 6.07) is 10.5. The maximum atomic E-state index is 14.5. The number of esters is 2. The Kier molecular flexibility index (Phi) is 18.7. The molecule has 1 aliphatic heterocycles. The first-order chi connectivity index (χ1) is 27.4. The van der Waals surface area contributed by atoms with Crippen molar-refractivity contribution in [1.82, 2.24) is 5.32 Å². The molecule has 0 aromatic heterocycles. The second-order valence-corrected chi connectivity index (χ2v) is 15.3. The minimum atomic E-state index is -1.82. The van der Waals surface area contributed by atoms with E-state index in [1.165, 1.54) is 13.2 Å². The van der Waals surface area contributed by atoms with Crippen LogP contribution in [0.15, 0.2) is 42.0 Å². The summed E-state index contributed by atoms with van der Waals surface area (Å²) in [4.78, 5) is 27.9. The normalized spacial score (nSPS) is 24.6. The van der Waals surface area contributed by atoms with Crippen LogP contribution in [0, 0.1) is 11.8 Å². The third kappa shape index (κ3) is 13.2. The summed E-state index contributed by atoms with van der Waals surface area (Å²) in [6.07, 6.45) is -1.29. The third-order valence-corrected chi connectivity index (χ3v) is 11.0. The van der Waals surface area contributed by atoms with E-state index in [0.717, 1.165) is 42.4 Å². The number of carbonyl (C=O) groups is 2. The maximum absolute atomic E-state index is 14.5. The molecule has 4 rings (SSSR count). The first-order valence-electron chi connectivity index (χ1n) is 20.2. The van der Waals surface area contributed by atoms with Crippen LogP contribution < -0.4 is 10.1 Å². The van der Waals surface area contributed by atoms with Gasteiger partial charge in [0.1, 0.15) is 12.2 Å². The van der Waals surface area contributed by atoms with Gasteiger partial charge in [0.2, 0.25) is 0 Å². The molecule has 1 fully saturated rings. The van der Waals surface area contributed by atoms with Crippen LogP contribution in [0.5, 0.6) is 11.5 Å². The molecule has 0 bridgehead atoms. The lowest BCUT2D eigenvalue weighted by molar-refractivity contribution is -0.287. The first kappa shape index (κ1) is 46.1. The number of aromatic hydroxyl groups is 1. The molecule has 0 radical (unpaired) electrons. The van der Waals surface area contributed by atoms with E-state index in [1.54, 1.807) is 25.1 Å². The Morgan fingerprint density at radius 3 is 2.49 bits per heavy atom. The summed E-state index contributed by atoms with van der Waals surface area (Å²) in [5.41, 5.74) is 3.51. The molecule has 14 nitrogen and oxygen atoms in total. The molecular formula is C43H63NO13. The Balaban J connectivity index is 1.68. The smallest absolute Gasteiger partial charge is 0.334 e. The molecule has 14 heteroatoms. The van der Waals surface area contributed by atoms with Crippen LogP contribution in [-0.4, -0.2) is 125 Å². The number of aryl methyl sites for hydroxylation is 1. The number of methoxy groups -OCH3 is 1. The van der Waals surface area contributed by atoms with E-state index >= 15 is 0 Å². The lowest BCUT2D eigenvalue weighted by Crippen LogP contribution is -2.62. The Labute approximate surface area is 335 Å². The fourth-order valence-corrected chi connectivity index (χ4v) is 7.94. The molecule has 1 saturated heterocycles. The van der Waals surface area contributed by atoms with E-state index in [-0.39, 0.29) is 80.6 Å². The Morgan fingerprint density at radius 2 is 1.81 bits per heavy atom. The van der Waals surface area contributed by atoms with Gasteiger partial charge in [-0.2, -0.15) is 0 Å². The molecule has 2 aliphatic rings. The standard InChI is InChI=1S/C43H63NO13/c1-4-6-27(7-5-17-45)10-15-38(50)56-40-39(51)37(24-44-23-26(2)48)55-43(53)41(40)57-42(52)32(19-29-9-14-35(49)36(21-29)54-3)22-34-31(25-47)13-12-30-11-8-28(16-18-46)20-33(30)34/h8-9,11,14,19-21,26-27,31,34,37,39-41,43-49,51,53H,4-7,10,12-13,15-18,22-25H2,1-3H3/t26-,27+,31+,34-,37-,39-,40-,41+,43+/m0/s1. The highest BCUT2D eigenvalue weighted by Crippen LogP contribution is 2.42. The quantitative estimate of drug-likeness (QED) is 0.0634. The monoisotopic (exact) mass is 801 g/mol. The van der Waals surface area contributed by atoms with E-state index in [2.05, 4.69) is 5.32 Å². The number of phenolic OH excluding ortho intramolecular Hbond substituents is 1. The van der Waals surface area contributed by atoms with Crippen molar-refractivity contribution in [3.8, 4) is 11.5 Å². The molecule has 1 aliphatic carbocycles. The second kappa shape index (κ2) is 23.1. The van der Waals surface area contributed by atoms with Gasteiger partial charge in [0.15, 0.2) is 30.0 Å². The molecule has 2 aromatic carbocycles. The van der Waals surface area contributed by atoms with Crippen LogP contribution >= 0.6 is 0 Å². The maximum Gasteiger partial charge on any atom is 0.334 e. The van der Waals surface area contributed by atoms with E-state index < -0.39 is 48.7 Å². The van der Waals surface area contributed by atoms with Gasteiger partial charge in [-0.1, -0.05) is 44.0 Å². The minimum absolute atomic E-state index is 0.00236. The lowest BCUT2D eigenvalue weighted by atomic mass is 9.72. The van der Waals surface area contributed by atoms with Gasteiger partial charge in [0.25, 0.3) is 0 Å². The zero-order valence-corrected chi connectivity index (χ0v) is 33.4. The molecule has 0 amide bonds. The van der Waals surface area contributed by atoms with Gasteiger partial charge in [-0.05, 0) is 110 Å². The van der Waals surface area contributed by atoms with Gasteiger partial charge < -0.3 is 60.0 Å². The Hall–Kier alpha value is -3.60. The van der Waals surface area contributed by atoms with Crippen molar-refractivity contribution < 1.29 is 64.3 Å². The van der Waals surface area contributed by atoms with Crippen molar-refractivity contribution in [1.29, 1.82) is 0 Å². The first-order valence-corrected chi connectivity index (χ1v) is 20.2. The number of phenols is 1. The van der Waals surface area contributed by atoms with Gasteiger partial charge in [-0.3, -0.25) is 4.79 Å². The number of benzene rings is 2. The van der Waals surface area contributed by atoms with E-state index in [0.29, 0.717) is 31.2 Å². The van der Waals surface area contributed by atoms with E-state index in [9.17, 15) is 45.3 Å². The molecule has 0 spiro atoms. The van der Waals surface area contributed by atoms with Crippen molar-refractivity contribution in [2.24, 2.45) is 11.8 Å². The predicted octanol–water partition coefficient (Wildman–Crippen LogP) is 2.89. The molecule has 318 valence electrons. The van der Waals surface area contributed by atoms with E-state index in [4.69, 9.17) is 18.9 Å². The van der Waals surface area contributed by atoms with Crippen LogP contribution in [0.25, 0.3) is 6.08 Å². The molecule has 1 heterocycles. The summed E-state index contributed by atoms with van der Waals surface area (Å²) >= 11 is 0. The SMILES string of the molecule is CCC[C@H](CCCO)CCC(=O)O[C@H]1[C@@H](O)[C@H](CNC[C@H](C)O)O[C@@H](O)[C@@H]1OC(=O)C(=Cc1ccc(O)c(OC)c1)C[C@@H]1c2cc(CCO)ccc2CC[C@@H]1CO. The molecular weight excluding hydrogens is 738 g/mol. The number of rotatable bonds is 22. The van der Waals surface area contributed by atoms with Crippen LogP contribution in [0.1, 0.15) is 93.4 Å². The van der Waals surface area contributed by atoms with Gasteiger partial charge in [-0.25, -0.2) is 4.79 Å². The number of fused-ring (bicyclic) bond motifs is 1. The second-order valence-electron chi connectivity index (χ2n) is 15.3. The topological polar surface area (TPSA) is 225 Å². The van der Waals surface area contributed by atoms with Gasteiger partial charge in [-0.15, -0.1) is 0 Å². The Morgan fingerprint density at radius 1 is 1.02 bits per heavy atom. The molecule has 0 unspecified atom stereocenters. The zero-order valence-electron chi connectivity index (χ0n) is 33.4. The van der Waals surface area contributed by atoms with Crippen molar-refractivity contribution in [3.05, 3.63) is 64.2 Å². The third-order valence-electron chi connectivity index (χ3n) is 11.0. The minimum Gasteiger partial charge on any atom is -0.504 e. The van der Waals surface area contributed by atoms with Crippen LogP contribution in [0.3, 0.4) is 0 Å². The molecule has 9 atom stereocenters. The summed E-state index contributed by atoms with van der Waals surface area (Å²) < 4.78 is 22.9. The molecule has 57 heavy (non-hydrogen) atoms. The summed E-state index contributed by atoms with van der Waals surface area (Å²) in [7, 11) is 1.40. The highest BCUT2D eigenvalue weighted by Gasteiger charge is 2.49. The van der Waals surface area contributed by atoms with Crippen molar-refractivity contribution in [2.75, 3.05) is 40.0 Å². The number of nitrogens with one attached hydrogen (secondary N) is 1. The molecule has 8 N–H and O–H groups in total. The van der Waals surface area contributed by atoms with Crippen LogP contribution in [0.2, 0.25) is 0 Å². The van der Waals surface area contributed by atoms with Gasteiger partial charge in [0.05, 0.1) is 13.2 Å². The highest BCUT2D eigenvalue weighted by atomic mass is 16.7. The lowest BCUT2D eigenvalue weighted by Gasteiger charge is -2.42. The van der Waals surface area contributed by atoms with Crippen LogP contribution in [-0.2, 0) is 36.6 Å². The fraction of sp³-hybridized carbons (Fsp3) is 0.628. The number of aliphatic hydroxyl groups excluding tert-OH is 6. The fourth-order valence-electron chi connectivity index (χ4n) is 7.94. The number of hydrogen-bond donors (Lipinski definition) is 8. The highest BCUT2D eigenvalue weighted by molar-refractivity contribution is 5.94. The Bertz CT molecular complexity index is 1600. The van der Waals surface area contributed by atoms with Crippen molar-refractivity contribution in [2.45, 2.75) is 121 Å². The van der Waals surface area contributed by atoms with Crippen molar-refractivity contribution in [3.63, 3.8) is 0 Å². The zero-order chi connectivity index (χ0) is 41.5.